The van der Waals surface area contributed by atoms with E-state index >= 15 is 0 Å². The lowest BCUT2D eigenvalue weighted by molar-refractivity contribution is -0.130. The van der Waals surface area contributed by atoms with Crippen molar-refractivity contribution in [3.8, 4) is 0 Å². The van der Waals surface area contributed by atoms with Gasteiger partial charge in [-0.3, -0.25) is 4.79 Å². The molecule has 0 spiro atoms. The third-order valence-corrected chi connectivity index (χ3v) is 4.85. The fourth-order valence-electron chi connectivity index (χ4n) is 3.08. The number of hydrogen-bond donors (Lipinski definition) is 0. The summed E-state index contributed by atoms with van der Waals surface area (Å²) in [5, 5.41) is 1.22. The Balaban J connectivity index is 2.25. The molecule has 1 aliphatic rings. The molecule has 0 radical (unpaired) electrons. The van der Waals surface area contributed by atoms with E-state index in [0.717, 1.165) is 24.0 Å². The number of amides is 1. The Bertz CT molecular complexity index is 562. The first-order valence-electron chi connectivity index (χ1n) is 7.79. The lowest BCUT2D eigenvalue weighted by atomic mass is 10.1. The number of rotatable bonds is 4. The van der Waals surface area contributed by atoms with Gasteiger partial charge in [0.05, 0.1) is 0 Å². The fourth-order valence-corrected chi connectivity index (χ4v) is 3.65. The lowest BCUT2D eigenvalue weighted by Gasteiger charge is -2.30. The van der Waals surface area contributed by atoms with Crippen LogP contribution in [-0.2, 0) is 11.3 Å². The second kappa shape index (κ2) is 7.52. The summed E-state index contributed by atoms with van der Waals surface area (Å²) in [5.74, 6) is 0.784. The Kier molecular flexibility index (Phi) is 5.94. The van der Waals surface area contributed by atoms with E-state index in [4.69, 9.17) is 23.2 Å². The molecule has 0 N–H and O–H groups in total. The molecule has 1 fully saturated rings. The van der Waals surface area contributed by atoms with Crippen molar-refractivity contribution in [2.24, 2.45) is 5.92 Å². The predicted molar refractivity (Wildman–Crippen MR) is 93.2 cm³/mol. The molecule has 1 aromatic rings. The molecule has 2 rings (SSSR count). The normalized spacial score (nSPS) is 22.0. The number of hydrogen-bond acceptors (Lipinski definition) is 1. The third-order valence-electron chi connectivity index (χ3n) is 4.41. The summed E-state index contributed by atoms with van der Waals surface area (Å²) in [7, 11) is 0. The van der Waals surface area contributed by atoms with Gasteiger partial charge in [-0.2, -0.15) is 0 Å². The molecule has 0 saturated heterocycles. The molecule has 2 nitrogen and oxygen atoms in total. The number of carbonyl (C=O) groups is 1. The average molecular weight is 340 g/mol. The molecule has 22 heavy (non-hydrogen) atoms. The van der Waals surface area contributed by atoms with Crippen LogP contribution in [0.3, 0.4) is 0 Å². The van der Waals surface area contributed by atoms with E-state index in [-0.39, 0.29) is 5.91 Å². The molecule has 1 amide bonds. The maximum Gasteiger partial charge on any atom is 0.249 e. The standard InChI is InChI=1S/C18H23Cl2NO/c1-4-13(3)18(22)21(17-6-5-12(2)7-17)11-14-8-15(19)10-16(20)9-14/h4,8-10,12,17H,5-7,11H2,1-3H3/b13-4+/t12?,17-/m1/s1. The number of allylic oxidation sites excluding steroid dienone is 1. The third kappa shape index (κ3) is 4.27. The maximum atomic E-state index is 12.7. The molecule has 0 heterocycles. The van der Waals surface area contributed by atoms with Gasteiger partial charge in [0.2, 0.25) is 5.91 Å². The number of halogens is 2. The highest BCUT2D eigenvalue weighted by molar-refractivity contribution is 6.34. The van der Waals surface area contributed by atoms with Crippen LogP contribution in [0.5, 0.6) is 0 Å². The Labute approximate surface area is 143 Å². The molecule has 1 aromatic carbocycles. The van der Waals surface area contributed by atoms with Gasteiger partial charge in [0, 0.05) is 28.2 Å². The van der Waals surface area contributed by atoms with E-state index in [0.29, 0.717) is 28.5 Å². The van der Waals surface area contributed by atoms with Crippen LogP contribution in [0.15, 0.2) is 29.8 Å². The minimum Gasteiger partial charge on any atom is -0.332 e. The van der Waals surface area contributed by atoms with Gasteiger partial charge in [-0.1, -0.05) is 36.2 Å². The second-order valence-corrected chi connectivity index (χ2v) is 7.13. The summed E-state index contributed by atoms with van der Waals surface area (Å²) in [6.45, 7) is 6.58. The van der Waals surface area contributed by atoms with Gasteiger partial charge in [0.25, 0.3) is 0 Å². The minimum atomic E-state index is 0.109. The summed E-state index contributed by atoms with van der Waals surface area (Å²) in [6, 6.07) is 5.79. The molecule has 1 saturated carbocycles. The smallest absolute Gasteiger partial charge is 0.249 e. The predicted octanol–water partition coefficient (Wildman–Crippen LogP) is 5.48. The topological polar surface area (TPSA) is 20.3 Å². The molecule has 1 unspecified atom stereocenters. The zero-order valence-electron chi connectivity index (χ0n) is 13.4. The van der Waals surface area contributed by atoms with Crippen molar-refractivity contribution >= 4 is 29.1 Å². The molecule has 2 atom stereocenters. The van der Waals surface area contributed by atoms with Crippen molar-refractivity contribution in [3.63, 3.8) is 0 Å². The van der Waals surface area contributed by atoms with Crippen LogP contribution < -0.4 is 0 Å². The molecule has 0 aliphatic heterocycles. The molecule has 1 aliphatic carbocycles. The zero-order valence-corrected chi connectivity index (χ0v) is 14.9. The van der Waals surface area contributed by atoms with Gasteiger partial charge in [0.15, 0.2) is 0 Å². The van der Waals surface area contributed by atoms with Crippen molar-refractivity contribution in [2.45, 2.75) is 52.6 Å². The maximum absolute atomic E-state index is 12.7. The van der Waals surface area contributed by atoms with Crippen molar-refractivity contribution in [1.29, 1.82) is 0 Å². The summed E-state index contributed by atoms with van der Waals surface area (Å²) < 4.78 is 0. The second-order valence-electron chi connectivity index (χ2n) is 6.25. The Morgan fingerprint density at radius 3 is 2.41 bits per heavy atom. The van der Waals surface area contributed by atoms with E-state index < -0.39 is 0 Å². The molecular formula is C18H23Cl2NO. The lowest BCUT2D eigenvalue weighted by Crippen LogP contribution is -2.39. The Morgan fingerprint density at radius 2 is 1.91 bits per heavy atom. The molecular weight excluding hydrogens is 317 g/mol. The van der Waals surface area contributed by atoms with Gasteiger partial charge in [-0.05, 0) is 62.8 Å². The SMILES string of the molecule is C/C=C(\C)C(=O)N(Cc1cc(Cl)cc(Cl)c1)[C@@H]1CCC(C)C1. The first kappa shape index (κ1) is 17.4. The van der Waals surface area contributed by atoms with E-state index in [1.165, 1.54) is 6.42 Å². The van der Waals surface area contributed by atoms with Gasteiger partial charge >= 0.3 is 0 Å². The quantitative estimate of drug-likeness (QED) is 0.665. The molecule has 4 heteroatoms. The van der Waals surface area contributed by atoms with Crippen LogP contribution >= 0.6 is 23.2 Å². The summed E-state index contributed by atoms with van der Waals surface area (Å²) in [6.07, 6.45) is 5.19. The minimum absolute atomic E-state index is 0.109. The summed E-state index contributed by atoms with van der Waals surface area (Å²) >= 11 is 12.2. The Hall–Kier alpha value is -0.990. The van der Waals surface area contributed by atoms with E-state index in [1.807, 2.05) is 37.0 Å². The molecule has 120 valence electrons. The summed E-state index contributed by atoms with van der Waals surface area (Å²) in [4.78, 5) is 14.7. The fraction of sp³-hybridized carbons (Fsp3) is 0.500. The van der Waals surface area contributed by atoms with E-state index in [1.54, 1.807) is 6.07 Å². The largest absolute Gasteiger partial charge is 0.332 e. The van der Waals surface area contributed by atoms with Crippen LogP contribution in [0, 0.1) is 5.92 Å². The first-order chi connectivity index (χ1) is 10.4. The number of nitrogens with zero attached hydrogens (tertiary/aromatic N) is 1. The van der Waals surface area contributed by atoms with Crippen molar-refractivity contribution in [3.05, 3.63) is 45.5 Å². The van der Waals surface area contributed by atoms with Crippen LogP contribution in [0.25, 0.3) is 0 Å². The number of benzene rings is 1. The monoisotopic (exact) mass is 339 g/mol. The molecule has 0 bridgehead atoms. The van der Waals surface area contributed by atoms with E-state index in [2.05, 4.69) is 6.92 Å². The highest BCUT2D eigenvalue weighted by Crippen LogP contribution is 2.31. The highest BCUT2D eigenvalue weighted by Gasteiger charge is 2.30. The van der Waals surface area contributed by atoms with Crippen LogP contribution in [0.1, 0.15) is 45.6 Å². The van der Waals surface area contributed by atoms with Crippen molar-refractivity contribution in [2.75, 3.05) is 0 Å². The highest BCUT2D eigenvalue weighted by atomic mass is 35.5. The first-order valence-corrected chi connectivity index (χ1v) is 8.55. The summed E-state index contributed by atoms with van der Waals surface area (Å²) in [5.41, 5.74) is 1.77. The van der Waals surface area contributed by atoms with Crippen LogP contribution in [0.4, 0.5) is 0 Å². The number of carbonyl (C=O) groups excluding carboxylic acids is 1. The van der Waals surface area contributed by atoms with Gasteiger partial charge < -0.3 is 4.90 Å². The van der Waals surface area contributed by atoms with Gasteiger partial charge in [-0.25, -0.2) is 0 Å². The van der Waals surface area contributed by atoms with E-state index in [9.17, 15) is 4.79 Å². The molecule has 0 aromatic heterocycles. The van der Waals surface area contributed by atoms with Crippen molar-refractivity contribution in [1.82, 2.24) is 4.90 Å². The van der Waals surface area contributed by atoms with Gasteiger partial charge in [0.1, 0.15) is 0 Å². The van der Waals surface area contributed by atoms with Crippen molar-refractivity contribution < 1.29 is 4.79 Å². The zero-order chi connectivity index (χ0) is 16.3. The van der Waals surface area contributed by atoms with Gasteiger partial charge in [-0.15, -0.1) is 0 Å². The Morgan fingerprint density at radius 1 is 1.27 bits per heavy atom. The average Bonchev–Trinajstić information content (AvgIpc) is 2.88. The van der Waals surface area contributed by atoms with Crippen LogP contribution in [-0.4, -0.2) is 16.8 Å². The van der Waals surface area contributed by atoms with Crippen LogP contribution in [0.2, 0.25) is 10.0 Å².